The van der Waals surface area contributed by atoms with E-state index in [4.69, 9.17) is 38.7 Å². The van der Waals surface area contributed by atoms with Crippen molar-refractivity contribution >= 4 is 40.1 Å². The number of primary amides is 1. The molecular formula is C24H22Cl2N4O2. The van der Waals surface area contributed by atoms with Gasteiger partial charge >= 0.3 is 0 Å². The van der Waals surface area contributed by atoms with Gasteiger partial charge < -0.3 is 10.5 Å². The van der Waals surface area contributed by atoms with Crippen molar-refractivity contribution in [3.8, 4) is 11.4 Å². The lowest BCUT2D eigenvalue weighted by molar-refractivity contribution is 0.100. The highest BCUT2D eigenvalue weighted by atomic mass is 35.5. The van der Waals surface area contributed by atoms with Gasteiger partial charge in [-0.05, 0) is 24.1 Å². The molecule has 1 atom stereocenters. The fourth-order valence-electron chi connectivity index (χ4n) is 4.04. The number of pyridine rings is 1. The number of hydrogen-bond acceptors (Lipinski definition) is 4. The molecule has 0 fully saturated rings. The molecule has 0 saturated heterocycles. The van der Waals surface area contributed by atoms with E-state index in [1.165, 1.54) is 12.4 Å². The molecule has 164 valence electrons. The SMILES string of the molecule is CCCC(c1ccccc1)c1nc2c(OC)ccc(C(N)=O)c2n1-c1c(Cl)cncc1Cl. The first-order valence-electron chi connectivity index (χ1n) is 10.2. The van der Waals surface area contributed by atoms with Crippen LogP contribution in [-0.2, 0) is 0 Å². The molecule has 0 spiro atoms. The van der Waals surface area contributed by atoms with Gasteiger partial charge in [0.25, 0.3) is 5.91 Å². The van der Waals surface area contributed by atoms with Gasteiger partial charge in [0.15, 0.2) is 0 Å². The van der Waals surface area contributed by atoms with Gasteiger partial charge in [-0.15, -0.1) is 0 Å². The summed E-state index contributed by atoms with van der Waals surface area (Å²) in [7, 11) is 1.56. The molecule has 2 aromatic carbocycles. The van der Waals surface area contributed by atoms with Crippen molar-refractivity contribution in [1.82, 2.24) is 14.5 Å². The molecule has 1 amide bonds. The predicted molar refractivity (Wildman–Crippen MR) is 127 cm³/mol. The highest BCUT2D eigenvalue weighted by Crippen LogP contribution is 2.40. The second-order valence-corrected chi connectivity index (χ2v) is 8.20. The van der Waals surface area contributed by atoms with Crippen LogP contribution in [0.3, 0.4) is 0 Å². The molecule has 1 unspecified atom stereocenters. The summed E-state index contributed by atoms with van der Waals surface area (Å²) in [4.78, 5) is 21.5. The summed E-state index contributed by atoms with van der Waals surface area (Å²) >= 11 is 13.2. The summed E-state index contributed by atoms with van der Waals surface area (Å²) in [5, 5.41) is 0.666. The van der Waals surface area contributed by atoms with Gasteiger partial charge in [0.1, 0.15) is 17.1 Å². The molecule has 0 aliphatic carbocycles. The number of imidazole rings is 1. The van der Waals surface area contributed by atoms with Crippen LogP contribution in [0.25, 0.3) is 16.7 Å². The van der Waals surface area contributed by atoms with Crippen molar-refractivity contribution < 1.29 is 9.53 Å². The van der Waals surface area contributed by atoms with Crippen LogP contribution in [0.2, 0.25) is 10.0 Å². The molecule has 0 aliphatic heterocycles. The summed E-state index contributed by atoms with van der Waals surface area (Å²) in [6.07, 6.45) is 4.77. The number of carbonyl (C=O) groups is 1. The van der Waals surface area contributed by atoms with Gasteiger partial charge in [0.05, 0.1) is 33.9 Å². The number of carbonyl (C=O) groups excluding carboxylic acids is 1. The lowest BCUT2D eigenvalue weighted by atomic mass is 9.93. The van der Waals surface area contributed by atoms with Gasteiger partial charge in [-0.2, -0.15) is 0 Å². The van der Waals surface area contributed by atoms with E-state index in [0.717, 1.165) is 18.4 Å². The largest absolute Gasteiger partial charge is 0.494 e. The fraction of sp³-hybridized carbons (Fsp3) is 0.208. The summed E-state index contributed by atoms with van der Waals surface area (Å²) in [5.74, 6) is 0.544. The van der Waals surface area contributed by atoms with Crippen molar-refractivity contribution in [3.05, 3.63) is 81.9 Å². The second kappa shape index (κ2) is 9.18. The maximum absolute atomic E-state index is 12.4. The second-order valence-electron chi connectivity index (χ2n) is 7.39. The van der Waals surface area contributed by atoms with E-state index in [1.807, 2.05) is 22.8 Å². The lowest BCUT2D eigenvalue weighted by Gasteiger charge is -2.20. The van der Waals surface area contributed by atoms with Crippen LogP contribution in [0.1, 0.15) is 47.4 Å². The van der Waals surface area contributed by atoms with E-state index in [9.17, 15) is 4.79 Å². The third kappa shape index (κ3) is 3.80. The molecule has 0 bridgehead atoms. The average Bonchev–Trinajstić information content (AvgIpc) is 3.17. The third-order valence-electron chi connectivity index (χ3n) is 5.42. The number of halogens is 2. The normalized spacial score (nSPS) is 12.1. The Morgan fingerprint density at radius 1 is 1.12 bits per heavy atom. The molecule has 2 heterocycles. The van der Waals surface area contributed by atoms with Crippen molar-refractivity contribution in [2.24, 2.45) is 5.73 Å². The Morgan fingerprint density at radius 2 is 1.81 bits per heavy atom. The van der Waals surface area contributed by atoms with Crippen LogP contribution in [0.5, 0.6) is 5.75 Å². The number of rotatable bonds is 7. The predicted octanol–water partition coefficient (Wildman–Crippen LogP) is 5.77. The fourth-order valence-corrected chi connectivity index (χ4v) is 4.57. The van der Waals surface area contributed by atoms with Crippen molar-refractivity contribution in [1.29, 1.82) is 0 Å². The summed E-state index contributed by atoms with van der Waals surface area (Å²) in [6, 6.07) is 13.4. The summed E-state index contributed by atoms with van der Waals surface area (Å²) < 4.78 is 7.40. The number of fused-ring (bicyclic) bond motifs is 1. The minimum atomic E-state index is -0.585. The molecule has 4 rings (SSSR count). The van der Waals surface area contributed by atoms with Crippen LogP contribution in [0.4, 0.5) is 0 Å². The Hall–Kier alpha value is -3.09. The van der Waals surface area contributed by atoms with Crippen LogP contribution >= 0.6 is 23.2 Å². The highest BCUT2D eigenvalue weighted by Gasteiger charge is 2.28. The first-order chi connectivity index (χ1) is 15.5. The quantitative estimate of drug-likeness (QED) is 0.373. The number of nitrogens with two attached hydrogens (primary N) is 1. The van der Waals surface area contributed by atoms with Crippen LogP contribution in [0, 0.1) is 0 Å². The van der Waals surface area contributed by atoms with Gasteiger partial charge in [0, 0.05) is 18.3 Å². The number of amides is 1. The Morgan fingerprint density at radius 3 is 2.41 bits per heavy atom. The Labute approximate surface area is 195 Å². The minimum absolute atomic E-state index is 0.0840. The van der Waals surface area contributed by atoms with Crippen molar-refractivity contribution in [2.45, 2.75) is 25.7 Å². The van der Waals surface area contributed by atoms with Gasteiger partial charge in [-0.1, -0.05) is 66.9 Å². The first-order valence-corrected chi connectivity index (χ1v) is 11.0. The van der Waals surface area contributed by atoms with E-state index >= 15 is 0 Å². The maximum atomic E-state index is 12.4. The average molecular weight is 469 g/mol. The Kier molecular flexibility index (Phi) is 6.35. The van der Waals surface area contributed by atoms with Crippen molar-refractivity contribution in [2.75, 3.05) is 7.11 Å². The molecule has 0 radical (unpaired) electrons. The van der Waals surface area contributed by atoms with E-state index in [1.54, 1.807) is 19.2 Å². The van der Waals surface area contributed by atoms with E-state index in [-0.39, 0.29) is 5.92 Å². The molecule has 8 heteroatoms. The lowest BCUT2D eigenvalue weighted by Crippen LogP contribution is -2.15. The molecule has 2 aromatic heterocycles. The number of benzene rings is 2. The van der Waals surface area contributed by atoms with Crippen LogP contribution < -0.4 is 10.5 Å². The highest BCUT2D eigenvalue weighted by molar-refractivity contribution is 6.37. The topological polar surface area (TPSA) is 83.0 Å². The molecule has 4 aromatic rings. The smallest absolute Gasteiger partial charge is 0.250 e. The maximum Gasteiger partial charge on any atom is 0.250 e. The van der Waals surface area contributed by atoms with Gasteiger partial charge in [0.2, 0.25) is 0 Å². The number of nitrogens with zero attached hydrogens (tertiary/aromatic N) is 3. The zero-order chi connectivity index (χ0) is 22.8. The van der Waals surface area contributed by atoms with E-state index in [0.29, 0.717) is 43.9 Å². The summed E-state index contributed by atoms with van der Waals surface area (Å²) in [6.45, 7) is 2.12. The Balaban J connectivity index is 2.18. The van der Waals surface area contributed by atoms with Gasteiger partial charge in [-0.3, -0.25) is 14.3 Å². The first kappa shape index (κ1) is 22.1. The molecule has 0 saturated carbocycles. The van der Waals surface area contributed by atoms with Crippen LogP contribution in [-0.4, -0.2) is 27.6 Å². The number of methoxy groups -OCH3 is 1. The minimum Gasteiger partial charge on any atom is -0.494 e. The molecule has 0 aliphatic rings. The molecule has 32 heavy (non-hydrogen) atoms. The molecule has 6 nitrogen and oxygen atoms in total. The van der Waals surface area contributed by atoms with Crippen LogP contribution in [0.15, 0.2) is 54.9 Å². The molecule has 2 N–H and O–H groups in total. The van der Waals surface area contributed by atoms with E-state index < -0.39 is 5.91 Å². The molecular weight excluding hydrogens is 447 g/mol. The monoisotopic (exact) mass is 468 g/mol. The standard InChI is InChI=1S/C24H22Cl2N4O2/c1-3-7-15(14-8-5-4-6-9-14)24-29-20-19(32-2)11-10-16(23(27)31)21(20)30(24)22-17(25)12-28-13-18(22)26/h4-6,8-13,15H,3,7H2,1-2H3,(H2,27,31). The Bertz CT molecular complexity index is 1270. The van der Waals surface area contributed by atoms with E-state index in [2.05, 4.69) is 24.0 Å². The van der Waals surface area contributed by atoms with Crippen molar-refractivity contribution in [3.63, 3.8) is 0 Å². The zero-order valence-electron chi connectivity index (χ0n) is 17.7. The number of ether oxygens (including phenoxy) is 1. The van der Waals surface area contributed by atoms with Gasteiger partial charge in [-0.25, -0.2) is 4.98 Å². The zero-order valence-corrected chi connectivity index (χ0v) is 19.2. The number of hydrogen-bond donors (Lipinski definition) is 1. The third-order valence-corrected chi connectivity index (χ3v) is 5.97. The summed E-state index contributed by atoms with van der Waals surface area (Å²) in [5.41, 5.74) is 8.64. The number of aromatic nitrogens is 3.